The number of thiocarbonyl (C=S) groups is 1. The molecule has 2 heterocycles. The summed E-state index contributed by atoms with van der Waals surface area (Å²) >= 11 is 5.42. The van der Waals surface area contributed by atoms with Crippen molar-refractivity contribution in [1.82, 2.24) is 14.5 Å². The largest absolute Gasteiger partial charge is 0.438 e. The first-order valence-electron chi connectivity index (χ1n) is 8.84. The monoisotopic (exact) mass is 422 g/mol. The third-order valence-electron chi connectivity index (χ3n) is 4.48. The van der Waals surface area contributed by atoms with Crippen LogP contribution in [0.15, 0.2) is 52.0 Å². The van der Waals surface area contributed by atoms with E-state index in [4.69, 9.17) is 22.4 Å². The number of primary amides is 1. The number of nitrogens with zero attached hydrogens (tertiary/aromatic N) is 2. The van der Waals surface area contributed by atoms with Crippen molar-refractivity contribution in [3.8, 4) is 0 Å². The fourth-order valence-electron chi connectivity index (χ4n) is 2.92. The highest BCUT2D eigenvalue weighted by Gasteiger charge is 2.31. The predicted molar refractivity (Wildman–Crippen MR) is 108 cm³/mol. The molecule has 1 fully saturated rings. The minimum Gasteiger partial charge on any atom is -0.438 e. The molecular weight excluding hydrogens is 400 g/mol. The maximum atomic E-state index is 12.6. The third-order valence-corrected chi connectivity index (χ3v) is 6.65. The van der Waals surface area contributed by atoms with E-state index in [1.54, 1.807) is 0 Å². The summed E-state index contributed by atoms with van der Waals surface area (Å²) in [5, 5.41) is 3.56. The number of nitrogens with two attached hydrogens (primary N) is 1. The van der Waals surface area contributed by atoms with E-state index in [1.807, 2.05) is 23.1 Å². The first-order chi connectivity index (χ1) is 13.4. The van der Waals surface area contributed by atoms with Gasteiger partial charge in [0, 0.05) is 32.7 Å². The zero-order valence-electron chi connectivity index (χ0n) is 15.2. The maximum Gasteiger partial charge on any atom is 0.284 e. The van der Waals surface area contributed by atoms with Crippen LogP contribution in [0.4, 0.5) is 0 Å². The van der Waals surface area contributed by atoms with Crippen molar-refractivity contribution in [2.24, 2.45) is 5.73 Å². The van der Waals surface area contributed by atoms with Crippen LogP contribution in [-0.4, -0.2) is 61.4 Å². The number of piperazine rings is 1. The lowest BCUT2D eigenvalue weighted by atomic mass is 10.1. The van der Waals surface area contributed by atoms with Crippen molar-refractivity contribution in [1.29, 1.82) is 0 Å². The lowest BCUT2D eigenvalue weighted by Crippen LogP contribution is -2.53. The molecule has 0 spiro atoms. The molecule has 1 saturated heterocycles. The number of hydrogen-bond acceptors (Lipinski definition) is 5. The average Bonchev–Trinajstić information content (AvgIpc) is 3.20. The maximum absolute atomic E-state index is 12.6. The van der Waals surface area contributed by atoms with Crippen molar-refractivity contribution >= 4 is 33.3 Å². The standard InChI is InChI=1S/C18H22N4O4S2/c19-17(23)15-6-7-16(26-15)28(24,25)22-12-10-21(11-13-22)18(27)20-9-8-14-4-2-1-3-5-14/h1-7H,8-13H2,(H2,19,23)(H,20,27). The van der Waals surface area contributed by atoms with E-state index in [2.05, 4.69) is 17.4 Å². The number of hydrogen-bond donors (Lipinski definition) is 2. The summed E-state index contributed by atoms with van der Waals surface area (Å²) in [6.45, 7) is 2.20. The molecule has 8 nitrogen and oxygen atoms in total. The number of amides is 1. The van der Waals surface area contributed by atoms with Crippen LogP contribution in [0.5, 0.6) is 0 Å². The summed E-state index contributed by atoms with van der Waals surface area (Å²) < 4.78 is 31.7. The van der Waals surface area contributed by atoms with Gasteiger partial charge in [-0.1, -0.05) is 30.3 Å². The van der Waals surface area contributed by atoms with Crippen molar-refractivity contribution in [3.05, 3.63) is 53.8 Å². The molecule has 3 N–H and O–H groups in total. The summed E-state index contributed by atoms with van der Waals surface area (Å²) in [5.74, 6) is -0.987. The Labute approximate surface area is 169 Å². The topological polar surface area (TPSA) is 109 Å². The van der Waals surface area contributed by atoms with Crippen LogP contribution in [0, 0.1) is 0 Å². The fourth-order valence-corrected chi connectivity index (χ4v) is 4.54. The van der Waals surface area contributed by atoms with Gasteiger partial charge in [-0.2, -0.15) is 4.31 Å². The zero-order chi connectivity index (χ0) is 20.1. The zero-order valence-corrected chi connectivity index (χ0v) is 16.8. The highest BCUT2D eigenvalue weighted by molar-refractivity contribution is 7.89. The lowest BCUT2D eigenvalue weighted by molar-refractivity contribution is 0.0968. The summed E-state index contributed by atoms with van der Waals surface area (Å²) in [6, 6.07) is 12.6. The van der Waals surface area contributed by atoms with Gasteiger partial charge in [0.15, 0.2) is 10.9 Å². The lowest BCUT2D eigenvalue weighted by Gasteiger charge is -2.35. The van der Waals surface area contributed by atoms with Crippen LogP contribution in [-0.2, 0) is 16.4 Å². The number of sulfonamides is 1. The third kappa shape index (κ3) is 4.70. The highest BCUT2D eigenvalue weighted by atomic mass is 32.2. The van der Waals surface area contributed by atoms with E-state index in [9.17, 15) is 13.2 Å². The van der Waals surface area contributed by atoms with Gasteiger partial charge in [-0.15, -0.1) is 0 Å². The van der Waals surface area contributed by atoms with Gasteiger partial charge in [0.05, 0.1) is 0 Å². The number of furan rings is 1. The second-order valence-electron chi connectivity index (χ2n) is 6.34. The number of benzene rings is 1. The van der Waals surface area contributed by atoms with Gasteiger partial charge >= 0.3 is 0 Å². The smallest absolute Gasteiger partial charge is 0.284 e. The van der Waals surface area contributed by atoms with Gasteiger partial charge in [0.1, 0.15) is 0 Å². The van der Waals surface area contributed by atoms with Crippen molar-refractivity contribution < 1.29 is 17.6 Å². The minimum atomic E-state index is -3.81. The predicted octanol–water partition coefficient (Wildman–Crippen LogP) is 0.802. The van der Waals surface area contributed by atoms with E-state index in [0.29, 0.717) is 24.7 Å². The molecule has 1 aromatic carbocycles. The van der Waals surface area contributed by atoms with Crippen LogP contribution in [0.3, 0.4) is 0 Å². The van der Waals surface area contributed by atoms with Gasteiger partial charge < -0.3 is 20.4 Å². The van der Waals surface area contributed by atoms with Gasteiger partial charge in [-0.3, -0.25) is 4.79 Å². The van der Waals surface area contributed by atoms with Crippen molar-refractivity contribution in [2.75, 3.05) is 32.7 Å². The molecule has 1 amide bonds. The van der Waals surface area contributed by atoms with Gasteiger partial charge in [0.25, 0.3) is 15.9 Å². The molecule has 0 aliphatic carbocycles. The van der Waals surface area contributed by atoms with Crippen LogP contribution in [0.2, 0.25) is 0 Å². The summed E-state index contributed by atoms with van der Waals surface area (Å²) in [7, 11) is -3.81. The Kier molecular flexibility index (Phi) is 6.32. The van der Waals surface area contributed by atoms with Crippen LogP contribution >= 0.6 is 12.2 Å². The quantitative estimate of drug-likeness (QED) is 0.663. The molecule has 0 bridgehead atoms. The van der Waals surface area contributed by atoms with E-state index < -0.39 is 15.9 Å². The number of carbonyl (C=O) groups excluding carboxylic acids is 1. The fraction of sp³-hybridized carbons (Fsp3) is 0.333. The molecule has 1 aliphatic rings. The normalized spacial score (nSPS) is 15.4. The molecule has 10 heteroatoms. The number of carbonyl (C=O) groups is 1. The molecular formula is C18H22N4O4S2. The number of rotatable bonds is 6. The molecule has 0 saturated carbocycles. The van der Waals surface area contributed by atoms with Crippen molar-refractivity contribution in [3.63, 3.8) is 0 Å². The molecule has 0 atom stereocenters. The Bertz CT molecular complexity index is 936. The van der Waals surface area contributed by atoms with Crippen LogP contribution in [0.25, 0.3) is 0 Å². The van der Waals surface area contributed by atoms with Gasteiger partial charge in [-0.25, -0.2) is 8.42 Å². The second kappa shape index (κ2) is 8.72. The molecule has 2 aromatic rings. The van der Waals surface area contributed by atoms with E-state index >= 15 is 0 Å². The molecule has 28 heavy (non-hydrogen) atoms. The Hall–Kier alpha value is -2.43. The molecule has 0 unspecified atom stereocenters. The Balaban J connectivity index is 1.50. The van der Waals surface area contributed by atoms with Crippen LogP contribution in [0.1, 0.15) is 16.1 Å². The van der Waals surface area contributed by atoms with E-state index in [0.717, 1.165) is 6.42 Å². The molecule has 1 aliphatic heterocycles. The van der Waals surface area contributed by atoms with Gasteiger partial charge in [0.2, 0.25) is 5.09 Å². The number of nitrogens with one attached hydrogen (secondary N) is 1. The Morgan fingerprint density at radius 3 is 2.39 bits per heavy atom. The van der Waals surface area contributed by atoms with Crippen LogP contribution < -0.4 is 11.1 Å². The summed E-state index contributed by atoms with van der Waals surface area (Å²) in [4.78, 5) is 13.1. The molecule has 3 rings (SSSR count). The van der Waals surface area contributed by atoms with Crippen molar-refractivity contribution in [2.45, 2.75) is 11.5 Å². The first-order valence-corrected chi connectivity index (χ1v) is 10.7. The van der Waals surface area contributed by atoms with E-state index in [1.165, 1.54) is 22.0 Å². The molecule has 0 radical (unpaired) electrons. The Morgan fingerprint density at radius 2 is 1.79 bits per heavy atom. The second-order valence-corrected chi connectivity index (χ2v) is 8.60. The average molecular weight is 423 g/mol. The summed E-state index contributed by atoms with van der Waals surface area (Å²) in [5.41, 5.74) is 6.33. The van der Waals surface area contributed by atoms with E-state index in [-0.39, 0.29) is 23.9 Å². The van der Waals surface area contributed by atoms with Gasteiger partial charge in [-0.05, 0) is 36.3 Å². The molecule has 150 valence electrons. The molecule has 1 aromatic heterocycles. The minimum absolute atomic E-state index is 0.180. The Morgan fingerprint density at radius 1 is 1.11 bits per heavy atom. The first kappa shape index (κ1) is 20.3. The highest BCUT2D eigenvalue weighted by Crippen LogP contribution is 2.20. The SMILES string of the molecule is NC(=O)c1ccc(S(=O)(=O)N2CCN(C(=S)NCCc3ccccc3)CC2)o1. The summed E-state index contributed by atoms with van der Waals surface area (Å²) in [6.07, 6.45) is 0.857.